The normalized spacial score (nSPS) is 24.7. The van der Waals surface area contributed by atoms with Gasteiger partial charge in [-0.15, -0.1) is 0 Å². The van der Waals surface area contributed by atoms with Crippen LogP contribution in [-0.2, 0) is 25.0 Å². The monoisotopic (exact) mass is 573 g/mol. The largest absolute Gasteiger partial charge is 0.587 e. The number of fused-ring (bicyclic) bond motifs is 3. The number of phosphoric ester groups is 1. The van der Waals surface area contributed by atoms with Gasteiger partial charge in [0.15, 0.2) is 22.7 Å². The summed E-state index contributed by atoms with van der Waals surface area (Å²) in [7, 11) is -4.05. The van der Waals surface area contributed by atoms with Gasteiger partial charge < -0.3 is 29.3 Å². The van der Waals surface area contributed by atoms with Crippen LogP contribution in [0.3, 0.4) is 0 Å². The molecule has 3 N–H and O–H groups in total. The van der Waals surface area contributed by atoms with E-state index in [-0.39, 0.29) is 12.4 Å². The number of aliphatic hydroxyl groups excluding tert-OH is 2. The van der Waals surface area contributed by atoms with E-state index in [1.807, 2.05) is 61.5 Å². The first-order valence-corrected chi connectivity index (χ1v) is 14.2. The van der Waals surface area contributed by atoms with Gasteiger partial charge in [-0.3, -0.25) is 9.09 Å². The van der Waals surface area contributed by atoms with Crippen LogP contribution in [0.1, 0.15) is 17.4 Å². The van der Waals surface area contributed by atoms with Crippen LogP contribution in [0.2, 0.25) is 0 Å². The Labute approximate surface area is 233 Å². The molecule has 7 rings (SSSR count). The Kier molecular flexibility index (Phi) is 6.13. The first-order valence-electron chi connectivity index (χ1n) is 12.8. The smallest absolute Gasteiger partial charge is 0.465 e. The quantitative estimate of drug-likeness (QED) is 0.195. The van der Waals surface area contributed by atoms with Gasteiger partial charge in [-0.25, -0.2) is 19.5 Å². The third kappa shape index (κ3) is 4.47. The number of ether oxygens (including phenoxy) is 1. The second-order valence-corrected chi connectivity index (χ2v) is 11.2. The minimum atomic E-state index is -4.05. The van der Waals surface area contributed by atoms with Crippen LogP contribution < -0.4 is 9.84 Å². The summed E-state index contributed by atoms with van der Waals surface area (Å²) in [6.45, 7) is 1.85. The van der Waals surface area contributed by atoms with Crippen molar-refractivity contribution < 1.29 is 33.1 Å². The van der Waals surface area contributed by atoms with Crippen LogP contribution in [0, 0.1) is 6.92 Å². The molecule has 0 saturated carbocycles. The maximum atomic E-state index is 13.1. The highest BCUT2D eigenvalue weighted by Crippen LogP contribution is 2.56. The average molecular weight is 574 g/mol. The van der Waals surface area contributed by atoms with Gasteiger partial charge in [0.25, 0.3) is 0 Å². The maximum absolute atomic E-state index is 13.1. The van der Waals surface area contributed by atoms with Crippen LogP contribution >= 0.6 is 7.82 Å². The summed E-state index contributed by atoms with van der Waals surface area (Å²) >= 11 is 0. The Morgan fingerprint density at radius 2 is 1.90 bits per heavy atom. The molecule has 0 radical (unpaired) electrons. The highest BCUT2D eigenvalue weighted by atomic mass is 31.2. The molecule has 0 aliphatic carbocycles. The molecular formula is C28H24N5O7P. The molecule has 0 amide bonds. The molecule has 4 atom stereocenters. The molecule has 12 nitrogen and oxygen atoms in total. The number of rotatable bonds is 5. The zero-order valence-electron chi connectivity index (χ0n) is 21.6. The van der Waals surface area contributed by atoms with Crippen LogP contribution in [0.25, 0.3) is 21.9 Å². The number of hydrogen-bond acceptors (Lipinski definition) is 11. The van der Waals surface area contributed by atoms with Crippen molar-refractivity contribution in [2.24, 2.45) is 0 Å². The predicted octanol–water partition coefficient (Wildman–Crippen LogP) is 4.86. The lowest BCUT2D eigenvalue weighted by atomic mass is 10.1. The Bertz CT molecular complexity index is 1870. The van der Waals surface area contributed by atoms with Gasteiger partial charge in [-0.05, 0) is 23.9 Å². The lowest BCUT2D eigenvalue weighted by Crippen LogP contribution is -2.27. The van der Waals surface area contributed by atoms with Gasteiger partial charge in [0.2, 0.25) is 6.23 Å². The fraction of sp³-hybridized carbons (Fsp3) is 0.179. The SMILES string of the molecule is Cc1cccc2c1OP(=O)(O/C=C1\OC(n3cnc4c(Nc5cccc6ccccc56)ncnc43)[C@H](O)[C@@H]1O)OC2. The molecule has 0 spiro atoms. The molecule has 208 valence electrons. The number of anilines is 2. The average Bonchev–Trinajstić information content (AvgIpc) is 3.54. The number of nitrogens with zero attached hydrogens (tertiary/aromatic N) is 4. The van der Waals surface area contributed by atoms with Gasteiger partial charge in [0.1, 0.15) is 36.9 Å². The standard InChI is InChI=1S/C28H24N5O7P/c1-16-6-4-9-18-12-37-41(36,40-25(16)18)38-13-21-23(34)24(35)28(39-21)33-15-31-22-26(29-14-30-27(22)33)32-20-11-5-8-17-7-2-3-10-19(17)20/h2-11,13-15,23-24,28,34-35H,12H2,1H3,(H,29,30,32)/b21-13-/t23-,24-,28?,41?/m1/s1. The Morgan fingerprint density at radius 3 is 2.80 bits per heavy atom. The van der Waals surface area contributed by atoms with Crippen LogP contribution in [0.4, 0.5) is 11.5 Å². The van der Waals surface area contributed by atoms with Gasteiger partial charge in [-0.2, -0.15) is 0 Å². The summed E-state index contributed by atoms with van der Waals surface area (Å²) in [6.07, 6.45) is -0.259. The van der Waals surface area contributed by atoms with Crippen molar-refractivity contribution in [3.63, 3.8) is 0 Å². The minimum absolute atomic E-state index is 0.0298. The van der Waals surface area contributed by atoms with E-state index in [0.717, 1.165) is 33.8 Å². The maximum Gasteiger partial charge on any atom is 0.587 e. The molecule has 2 aromatic heterocycles. The zero-order valence-corrected chi connectivity index (χ0v) is 22.5. The number of hydrogen-bond donors (Lipinski definition) is 3. The number of aromatic nitrogens is 4. The summed E-state index contributed by atoms with van der Waals surface area (Å²) in [4.78, 5) is 13.2. The van der Waals surface area contributed by atoms with Gasteiger partial charge in [0, 0.05) is 16.6 Å². The molecule has 2 aliphatic rings. The topological polar surface area (TPSA) is 150 Å². The van der Waals surface area contributed by atoms with E-state index in [1.165, 1.54) is 17.2 Å². The van der Waals surface area contributed by atoms with Crippen molar-refractivity contribution in [3.05, 3.63) is 96.5 Å². The second kappa shape index (κ2) is 9.86. The van der Waals surface area contributed by atoms with E-state index in [9.17, 15) is 14.8 Å². The molecule has 2 aliphatic heterocycles. The lowest BCUT2D eigenvalue weighted by Gasteiger charge is -2.25. The van der Waals surface area contributed by atoms with Crippen molar-refractivity contribution in [2.75, 3.05) is 5.32 Å². The Hall–Kier alpha value is -4.48. The number of nitrogens with one attached hydrogen (secondary N) is 1. The number of imidazole rings is 1. The van der Waals surface area contributed by atoms with E-state index >= 15 is 0 Å². The summed E-state index contributed by atoms with van der Waals surface area (Å²) < 4.78 is 36.6. The van der Waals surface area contributed by atoms with Crippen molar-refractivity contribution in [3.8, 4) is 5.75 Å². The fourth-order valence-corrected chi connectivity index (χ4v) is 6.10. The highest BCUT2D eigenvalue weighted by molar-refractivity contribution is 7.49. The van der Waals surface area contributed by atoms with Crippen molar-refractivity contribution in [1.82, 2.24) is 19.5 Å². The first-order chi connectivity index (χ1) is 19.9. The third-order valence-electron chi connectivity index (χ3n) is 7.01. The first kappa shape index (κ1) is 25.5. The number of phosphoric acid groups is 1. The van der Waals surface area contributed by atoms with Gasteiger partial charge in [-0.1, -0.05) is 54.6 Å². The summed E-state index contributed by atoms with van der Waals surface area (Å²) in [5.74, 6) is 0.715. The van der Waals surface area contributed by atoms with Crippen molar-refractivity contribution in [1.29, 1.82) is 0 Å². The van der Waals surface area contributed by atoms with E-state index in [4.69, 9.17) is 18.3 Å². The molecule has 13 heteroatoms. The molecule has 4 heterocycles. The molecule has 0 bridgehead atoms. The van der Waals surface area contributed by atoms with E-state index in [2.05, 4.69) is 20.3 Å². The minimum Gasteiger partial charge on any atom is -0.465 e. The number of aryl methyl sites for hydroxylation is 1. The summed E-state index contributed by atoms with van der Waals surface area (Å²) in [5, 5.41) is 26.9. The molecular weight excluding hydrogens is 549 g/mol. The number of aliphatic hydroxyl groups is 2. The zero-order chi connectivity index (χ0) is 28.1. The molecule has 5 aromatic rings. The number of para-hydroxylation sites is 1. The van der Waals surface area contributed by atoms with Crippen molar-refractivity contribution >= 4 is 41.3 Å². The van der Waals surface area contributed by atoms with E-state index in [0.29, 0.717) is 22.7 Å². The fourth-order valence-electron chi connectivity index (χ4n) is 4.93. The van der Waals surface area contributed by atoms with Crippen LogP contribution in [0.15, 0.2) is 85.3 Å². The molecule has 41 heavy (non-hydrogen) atoms. The second-order valence-electron chi connectivity index (χ2n) is 9.64. The predicted molar refractivity (Wildman–Crippen MR) is 148 cm³/mol. The van der Waals surface area contributed by atoms with Crippen LogP contribution in [-0.4, -0.2) is 41.9 Å². The Balaban J connectivity index is 1.14. The lowest BCUT2D eigenvalue weighted by molar-refractivity contribution is -0.0121. The van der Waals surface area contributed by atoms with Gasteiger partial charge in [0.05, 0.1) is 6.61 Å². The Morgan fingerprint density at radius 1 is 1.07 bits per heavy atom. The number of benzene rings is 3. The molecule has 3 aromatic carbocycles. The molecule has 1 saturated heterocycles. The highest BCUT2D eigenvalue weighted by Gasteiger charge is 2.43. The third-order valence-corrected chi connectivity index (χ3v) is 8.23. The van der Waals surface area contributed by atoms with E-state index < -0.39 is 26.3 Å². The molecule has 2 unspecified atom stereocenters. The van der Waals surface area contributed by atoms with Crippen LogP contribution in [0.5, 0.6) is 5.75 Å². The molecule has 1 fully saturated rings. The van der Waals surface area contributed by atoms with E-state index in [1.54, 1.807) is 6.07 Å². The van der Waals surface area contributed by atoms with Gasteiger partial charge >= 0.3 is 7.82 Å². The summed E-state index contributed by atoms with van der Waals surface area (Å²) in [6, 6.07) is 19.3. The van der Waals surface area contributed by atoms with Crippen molar-refractivity contribution in [2.45, 2.75) is 32.0 Å². The summed E-state index contributed by atoms with van der Waals surface area (Å²) in [5.41, 5.74) is 3.15.